The van der Waals surface area contributed by atoms with Crippen LogP contribution in [0.3, 0.4) is 0 Å². The van der Waals surface area contributed by atoms with Crippen molar-refractivity contribution in [2.75, 3.05) is 6.54 Å². The summed E-state index contributed by atoms with van der Waals surface area (Å²) < 4.78 is 10.2. The van der Waals surface area contributed by atoms with E-state index in [0.717, 1.165) is 22.3 Å². The highest BCUT2D eigenvalue weighted by atomic mass is 16.5. The third kappa shape index (κ3) is 3.81. The van der Waals surface area contributed by atoms with Crippen LogP contribution in [0.15, 0.2) is 37.4 Å². The third-order valence-electron chi connectivity index (χ3n) is 5.43. The molecular formula is C22H28N6O2. The maximum absolute atomic E-state index is 11.7. The van der Waals surface area contributed by atoms with Gasteiger partial charge in [0.1, 0.15) is 11.6 Å². The average Bonchev–Trinajstić information content (AvgIpc) is 3.41. The molecule has 1 amide bonds. The predicted octanol–water partition coefficient (Wildman–Crippen LogP) is 3.05. The van der Waals surface area contributed by atoms with E-state index < -0.39 is 0 Å². The second kappa shape index (κ2) is 7.59. The number of aryl methyl sites for hydroxylation is 1. The van der Waals surface area contributed by atoms with Crippen molar-refractivity contribution in [1.29, 1.82) is 0 Å². The van der Waals surface area contributed by atoms with E-state index in [2.05, 4.69) is 42.7 Å². The Labute approximate surface area is 176 Å². The lowest BCUT2D eigenvalue weighted by molar-refractivity contribution is -0.119. The molecule has 8 nitrogen and oxygen atoms in total. The summed E-state index contributed by atoms with van der Waals surface area (Å²) in [6.07, 6.45) is 8.27. The Morgan fingerprint density at radius 1 is 1.43 bits per heavy atom. The van der Waals surface area contributed by atoms with Gasteiger partial charge in [0.05, 0.1) is 29.3 Å². The molecule has 3 aromatic heterocycles. The Morgan fingerprint density at radius 2 is 2.23 bits per heavy atom. The number of aromatic nitrogens is 5. The fourth-order valence-electron chi connectivity index (χ4n) is 3.73. The zero-order valence-electron chi connectivity index (χ0n) is 17.9. The average molecular weight is 409 g/mol. The summed E-state index contributed by atoms with van der Waals surface area (Å²) >= 11 is 0. The number of hydrogen-bond donors (Lipinski definition) is 1. The fraction of sp³-hybridized carbons (Fsp3) is 0.455. The van der Waals surface area contributed by atoms with Gasteiger partial charge in [-0.25, -0.2) is 9.97 Å². The van der Waals surface area contributed by atoms with Gasteiger partial charge in [-0.2, -0.15) is 5.10 Å². The molecule has 1 aliphatic heterocycles. The van der Waals surface area contributed by atoms with Gasteiger partial charge >= 0.3 is 0 Å². The van der Waals surface area contributed by atoms with Crippen molar-refractivity contribution in [3.05, 3.63) is 37.4 Å². The van der Waals surface area contributed by atoms with Crippen molar-refractivity contribution >= 4 is 16.9 Å². The number of rotatable bonds is 6. The molecule has 0 bridgehead atoms. The molecule has 0 radical (unpaired) electrons. The summed E-state index contributed by atoms with van der Waals surface area (Å²) in [6.45, 7) is 10.8. The molecule has 1 saturated heterocycles. The van der Waals surface area contributed by atoms with Crippen LogP contribution in [-0.2, 0) is 17.4 Å². The van der Waals surface area contributed by atoms with Crippen LogP contribution >= 0.6 is 0 Å². The Hall–Kier alpha value is -3.16. The summed E-state index contributed by atoms with van der Waals surface area (Å²) in [7, 11) is 1.92. The summed E-state index contributed by atoms with van der Waals surface area (Å²) in [5.41, 5.74) is 3.17. The molecule has 158 valence electrons. The number of pyridine rings is 1. The maximum Gasteiger partial charge on any atom is 0.241 e. The first-order valence-electron chi connectivity index (χ1n) is 10.2. The Morgan fingerprint density at radius 3 is 2.87 bits per heavy atom. The van der Waals surface area contributed by atoms with Gasteiger partial charge in [-0.15, -0.1) is 6.58 Å². The van der Waals surface area contributed by atoms with Crippen LogP contribution in [0.25, 0.3) is 22.3 Å². The SMILES string of the molecule is C=CC[C@@H](Oc1nc(-c2cnn(C(C)(C)C)c2)cc2ncn(C)c12)[C@H]1CNC(=O)C1. The molecule has 4 heterocycles. The maximum atomic E-state index is 11.7. The van der Waals surface area contributed by atoms with E-state index in [-0.39, 0.29) is 23.5 Å². The number of imidazole rings is 1. The van der Waals surface area contributed by atoms with Crippen molar-refractivity contribution in [3.8, 4) is 17.1 Å². The Balaban J connectivity index is 1.74. The molecule has 3 aromatic rings. The van der Waals surface area contributed by atoms with Crippen LogP contribution in [0, 0.1) is 5.92 Å². The molecule has 0 saturated carbocycles. The van der Waals surface area contributed by atoms with Gasteiger partial charge in [0, 0.05) is 44.1 Å². The summed E-state index contributed by atoms with van der Waals surface area (Å²) in [5, 5.41) is 7.38. The van der Waals surface area contributed by atoms with Crippen LogP contribution in [0.2, 0.25) is 0 Å². The first-order chi connectivity index (χ1) is 14.3. The number of carbonyl (C=O) groups excluding carboxylic acids is 1. The van der Waals surface area contributed by atoms with E-state index >= 15 is 0 Å². The highest BCUT2D eigenvalue weighted by Gasteiger charge is 2.31. The summed E-state index contributed by atoms with van der Waals surface area (Å²) in [5.74, 6) is 0.643. The summed E-state index contributed by atoms with van der Waals surface area (Å²) in [6, 6.07) is 1.95. The number of ether oxygens (including phenoxy) is 1. The zero-order chi connectivity index (χ0) is 21.5. The first kappa shape index (κ1) is 20.1. The molecule has 1 N–H and O–H groups in total. The van der Waals surface area contributed by atoms with Crippen LogP contribution in [-0.4, -0.2) is 42.9 Å². The number of nitrogens with zero attached hydrogens (tertiary/aromatic N) is 5. The number of nitrogens with one attached hydrogen (secondary N) is 1. The predicted molar refractivity (Wildman–Crippen MR) is 115 cm³/mol. The largest absolute Gasteiger partial charge is 0.472 e. The topological polar surface area (TPSA) is 86.9 Å². The standard InChI is InChI=1S/C22H28N6O2/c1-6-7-18(14-8-19(29)23-10-14)30-21-20-17(24-13-27(20)5)9-16(26-21)15-11-25-28(12-15)22(2,3)4/h6,9,11-14,18H,1,7-8,10H2,2-5H3,(H,23,29)/t14-,18-/m1/s1. The van der Waals surface area contributed by atoms with Crippen molar-refractivity contribution < 1.29 is 9.53 Å². The molecule has 1 fully saturated rings. The molecule has 1 aliphatic rings. The number of fused-ring (bicyclic) bond motifs is 1. The quantitative estimate of drug-likeness (QED) is 0.634. The fourth-order valence-corrected chi connectivity index (χ4v) is 3.73. The second-order valence-electron chi connectivity index (χ2n) is 8.83. The van der Waals surface area contributed by atoms with Crippen LogP contribution < -0.4 is 10.1 Å². The molecule has 4 rings (SSSR count). The van der Waals surface area contributed by atoms with Gasteiger partial charge in [0.15, 0.2) is 0 Å². The lowest BCUT2D eigenvalue weighted by Crippen LogP contribution is -2.29. The highest BCUT2D eigenvalue weighted by molar-refractivity contribution is 5.84. The van der Waals surface area contributed by atoms with Crippen molar-refractivity contribution in [2.24, 2.45) is 13.0 Å². The van der Waals surface area contributed by atoms with E-state index in [0.29, 0.717) is 25.3 Å². The smallest absolute Gasteiger partial charge is 0.241 e. The highest BCUT2D eigenvalue weighted by Crippen LogP contribution is 2.31. The minimum absolute atomic E-state index is 0.0552. The van der Waals surface area contributed by atoms with Gasteiger partial charge in [0.2, 0.25) is 11.8 Å². The van der Waals surface area contributed by atoms with E-state index in [1.54, 1.807) is 6.33 Å². The van der Waals surface area contributed by atoms with E-state index in [4.69, 9.17) is 9.72 Å². The molecule has 0 aliphatic carbocycles. The number of amides is 1. The van der Waals surface area contributed by atoms with Crippen molar-refractivity contribution in [3.63, 3.8) is 0 Å². The van der Waals surface area contributed by atoms with Crippen molar-refractivity contribution in [1.82, 2.24) is 29.6 Å². The van der Waals surface area contributed by atoms with Gasteiger partial charge in [-0.1, -0.05) is 6.08 Å². The molecule has 8 heteroatoms. The van der Waals surface area contributed by atoms with Crippen LogP contribution in [0.4, 0.5) is 0 Å². The van der Waals surface area contributed by atoms with E-state index in [9.17, 15) is 4.79 Å². The van der Waals surface area contributed by atoms with Gasteiger partial charge in [-0.05, 0) is 26.8 Å². The zero-order valence-corrected chi connectivity index (χ0v) is 17.9. The molecule has 30 heavy (non-hydrogen) atoms. The van der Waals surface area contributed by atoms with Gasteiger partial charge < -0.3 is 14.6 Å². The van der Waals surface area contributed by atoms with E-state index in [1.165, 1.54) is 0 Å². The molecule has 2 atom stereocenters. The van der Waals surface area contributed by atoms with Crippen LogP contribution in [0.1, 0.15) is 33.6 Å². The van der Waals surface area contributed by atoms with Gasteiger partial charge in [-0.3, -0.25) is 9.48 Å². The lowest BCUT2D eigenvalue weighted by Gasteiger charge is -2.23. The lowest BCUT2D eigenvalue weighted by atomic mass is 9.98. The molecule has 0 spiro atoms. The summed E-state index contributed by atoms with van der Waals surface area (Å²) in [4.78, 5) is 21.1. The van der Waals surface area contributed by atoms with E-state index in [1.807, 2.05) is 40.8 Å². The minimum Gasteiger partial charge on any atom is -0.472 e. The third-order valence-corrected chi connectivity index (χ3v) is 5.43. The monoisotopic (exact) mass is 408 g/mol. The first-order valence-corrected chi connectivity index (χ1v) is 10.2. The molecular weight excluding hydrogens is 380 g/mol. The molecule has 0 aromatic carbocycles. The Bertz CT molecular complexity index is 1090. The minimum atomic E-state index is -0.195. The molecule has 0 unspecified atom stereocenters. The number of hydrogen-bond acceptors (Lipinski definition) is 5. The normalized spacial score (nSPS) is 17.9. The second-order valence-corrected chi connectivity index (χ2v) is 8.83. The van der Waals surface area contributed by atoms with Crippen LogP contribution in [0.5, 0.6) is 5.88 Å². The number of carbonyl (C=O) groups is 1. The van der Waals surface area contributed by atoms with Gasteiger partial charge in [0.25, 0.3) is 0 Å². The Kier molecular flexibility index (Phi) is 5.09. The van der Waals surface area contributed by atoms with Crippen molar-refractivity contribution in [2.45, 2.75) is 45.3 Å².